The van der Waals surface area contributed by atoms with E-state index < -0.39 is 0 Å². The van der Waals surface area contributed by atoms with Crippen molar-refractivity contribution in [1.82, 2.24) is 9.97 Å². The quantitative estimate of drug-likeness (QED) is 0.743. The van der Waals surface area contributed by atoms with Crippen LogP contribution in [0.5, 0.6) is 0 Å². The van der Waals surface area contributed by atoms with Gasteiger partial charge in [0, 0.05) is 12.1 Å². The van der Waals surface area contributed by atoms with E-state index in [0.717, 1.165) is 24.2 Å². The van der Waals surface area contributed by atoms with Crippen molar-refractivity contribution in [3.05, 3.63) is 23.8 Å². The van der Waals surface area contributed by atoms with E-state index in [-0.39, 0.29) is 11.7 Å². The highest BCUT2D eigenvalue weighted by molar-refractivity contribution is 5.84. The van der Waals surface area contributed by atoms with E-state index in [1.165, 1.54) is 0 Å². The number of ketones is 1. The van der Waals surface area contributed by atoms with Gasteiger partial charge in [0.1, 0.15) is 12.1 Å². The normalized spacial score (nSPS) is 12.5. The van der Waals surface area contributed by atoms with Gasteiger partial charge in [0.15, 0.2) is 0 Å². The number of aromatic nitrogens is 2. The molecule has 0 aliphatic carbocycles. The van der Waals surface area contributed by atoms with Gasteiger partial charge in [-0.1, -0.05) is 20.3 Å². The van der Waals surface area contributed by atoms with Crippen molar-refractivity contribution in [2.45, 2.75) is 46.0 Å². The van der Waals surface area contributed by atoms with Gasteiger partial charge >= 0.3 is 0 Å². The average molecular weight is 206 g/mol. The maximum atomic E-state index is 11.5. The average Bonchev–Trinajstić information content (AvgIpc) is 2.28. The van der Waals surface area contributed by atoms with Crippen molar-refractivity contribution in [2.24, 2.45) is 0 Å². The minimum atomic E-state index is -0.103. The molecule has 1 atom stereocenters. The summed E-state index contributed by atoms with van der Waals surface area (Å²) in [4.78, 5) is 19.9. The van der Waals surface area contributed by atoms with Crippen molar-refractivity contribution < 1.29 is 4.79 Å². The van der Waals surface area contributed by atoms with Gasteiger partial charge in [-0.25, -0.2) is 9.97 Å². The highest BCUT2D eigenvalue weighted by Crippen LogP contribution is 2.15. The number of carbonyl (C=O) groups is 1. The minimum absolute atomic E-state index is 0.103. The largest absolute Gasteiger partial charge is 0.299 e. The van der Waals surface area contributed by atoms with Crippen molar-refractivity contribution in [3.8, 4) is 0 Å². The van der Waals surface area contributed by atoms with E-state index in [9.17, 15) is 4.79 Å². The Morgan fingerprint density at radius 2 is 2.13 bits per heavy atom. The molecule has 0 bridgehead atoms. The first-order valence-electron chi connectivity index (χ1n) is 5.52. The predicted molar refractivity (Wildman–Crippen MR) is 59.7 cm³/mol. The van der Waals surface area contributed by atoms with Crippen LogP contribution in [0.15, 0.2) is 12.4 Å². The number of hydrogen-bond acceptors (Lipinski definition) is 3. The Balaban J connectivity index is 2.84. The fourth-order valence-corrected chi connectivity index (χ4v) is 1.52. The van der Waals surface area contributed by atoms with Crippen LogP contribution in [0.25, 0.3) is 0 Å². The molecule has 3 nitrogen and oxygen atoms in total. The summed E-state index contributed by atoms with van der Waals surface area (Å²) >= 11 is 0. The molecule has 0 aliphatic rings. The summed E-state index contributed by atoms with van der Waals surface area (Å²) in [5, 5.41) is 0. The molecular formula is C12H18N2O. The van der Waals surface area contributed by atoms with Gasteiger partial charge in [0.2, 0.25) is 0 Å². The van der Waals surface area contributed by atoms with Gasteiger partial charge < -0.3 is 0 Å². The molecule has 1 rings (SSSR count). The van der Waals surface area contributed by atoms with Gasteiger partial charge in [0.25, 0.3) is 0 Å². The lowest BCUT2D eigenvalue weighted by atomic mass is 9.99. The van der Waals surface area contributed by atoms with Crippen LogP contribution in [0.1, 0.15) is 50.9 Å². The van der Waals surface area contributed by atoms with Gasteiger partial charge in [-0.05, 0) is 19.4 Å². The van der Waals surface area contributed by atoms with Crippen LogP contribution in [0.4, 0.5) is 0 Å². The first-order valence-corrected chi connectivity index (χ1v) is 5.52. The Kier molecular flexibility index (Phi) is 4.40. The molecule has 0 amide bonds. The lowest BCUT2D eigenvalue weighted by Gasteiger charge is -2.09. The summed E-state index contributed by atoms with van der Waals surface area (Å²) in [6, 6.07) is 1.95. The zero-order valence-corrected chi connectivity index (χ0v) is 9.66. The maximum Gasteiger partial charge on any atom is 0.141 e. The number of carbonyl (C=O) groups excluding carboxylic acids is 1. The monoisotopic (exact) mass is 206 g/mol. The van der Waals surface area contributed by atoms with Gasteiger partial charge in [-0.2, -0.15) is 0 Å². The second-order valence-corrected chi connectivity index (χ2v) is 3.73. The van der Waals surface area contributed by atoms with Gasteiger partial charge in [-0.15, -0.1) is 0 Å². The van der Waals surface area contributed by atoms with Gasteiger partial charge in [0.05, 0.1) is 11.6 Å². The van der Waals surface area contributed by atoms with E-state index in [4.69, 9.17) is 0 Å². The topological polar surface area (TPSA) is 42.9 Å². The molecule has 0 aromatic carbocycles. The highest BCUT2D eigenvalue weighted by atomic mass is 16.1. The number of hydrogen-bond donors (Lipinski definition) is 0. The first-order chi connectivity index (χ1) is 7.19. The standard InChI is InChI=1S/C12H18N2O/c1-4-6-10-7-11(14-8-13-10)9(3)12(15)5-2/h7-9H,4-6H2,1-3H3. The number of nitrogens with zero attached hydrogens (tertiary/aromatic N) is 2. The second kappa shape index (κ2) is 5.59. The van der Waals surface area contributed by atoms with E-state index in [0.29, 0.717) is 6.42 Å². The molecule has 82 valence electrons. The SMILES string of the molecule is CCCc1cc(C(C)C(=O)CC)ncn1. The summed E-state index contributed by atoms with van der Waals surface area (Å²) in [6.07, 6.45) is 4.13. The third kappa shape index (κ3) is 3.11. The number of aryl methyl sites for hydroxylation is 1. The van der Waals surface area contributed by atoms with Crippen molar-refractivity contribution >= 4 is 5.78 Å². The molecule has 0 saturated carbocycles. The summed E-state index contributed by atoms with van der Waals surface area (Å²) in [5.74, 6) is 0.129. The Hall–Kier alpha value is -1.25. The first kappa shape index (κ1) is 11.8. The summed E-state index contributed by atoms with van der Waals surface area (Å²) in [6.45, 7) is 5.90. The van der Waals surface area contributed by atoms with Gasteiger partial charge in [-0.3, -0.25) is 4.79 Å². The van der Waals surface area contributed by atoms with Crippen LogP contribution < -0.4 is 0 Å². The molecule has 1 aromatic heterocycles. The third-order valence-corrected chi connectivity index (χ3v) is 2.53. The molecule has 0 N–H and O–H groups in total. The molecule has 0 radical (unpaired) electrons. The molecule has 1 aromatic rings. The smallest absolute Gasteiger partial charge is 0.141 e. The molecule has 15 heavy (non-hydrogen) atoms. The number of rotatable bonds is 5. The lowest BCUT2D eigenvalue weighted by molar-refractivity contribution is -0.119. The Labute approximate surface area is 91.0 Å². The molecule has 1 heterocycles. The van der Waals surface area contributed by atoms with E-state index in [1.54, 1.807) is 6.33 Å². The van der Waals surface area contributed by atoms with Crippen LogP contribution >= 0.6 is 0 Å². The van der Waals surface area contributed by atoms with Crippen LogP contribution in [-0.2, 0) is 11.2 Å². The Morgan fingerprint density at radius 1 is 1.40 bits per heavy atom. The summed E-state index contributed by atoms with van der Waals surface area (Å²) < 4.78 is 0. The van der Waals surface area contributed by atoms with Crippen LogP contribution in [0.2, 0.25) is 0 Å². The summed E-state index contributed by atoms with van der Waals surface area (Å²) in [5.41, 5.74) is 1.87. The third-order valence-electron chi connectivity index (χ3n) is 2.53. The van der Waals surface area contributed by atoms with E-state index >= 15 is 0 Å². The second-order valence-electron chi connectivity index (χ2n) is 3.73. The molecule has 0 aliphatic heterocycles. The van der Waals surface area contributed by atoms with Crippen LogP contribution in [0, 0.1) is 0 Å². The van der Waals surface area contributed by atoms with Crippen LogP contribution in [-0.4, -0.2) is 15.8 Å². The summed E-state index contributed by atoms with van der Waals surface area (Å²) in [7, 11) is 0. The molecule has 0 spiro atoms. The molecular weight excluding hydrogens is 188 g/mol. The molecule has 0 saturated heterocycles. The maximum absolute atomic E-state index is 11.5. The lowest BCUT2D eigenvalue weighted by Crippen LogP contribution is -2.10. The predicted octanol–water partition coefficient (Wildman–Crippen LogP) is 2.51. The zero-order chi connectivity index (χ0) is 11.3. The highest BCUT2D eigenvalue weighted by Gasteiger charge is 2.14. The van der Waals surface area contributed by atoms with E-state index in [2.05, 4.69) is 16.9 Å². The fraction of sp³-hybridized carbons (Fsp3) is 0.583. The van der Waals surface area contributed by atoms with Crippen molar-refractivity contribution in [2.75, 3.05) is 0 Å². The zero-order valence-electron chi connectivity index (χ0n) is 9.66. The Bertz CT molecular complexity index is 336. The Morgan fingerprint density at radius 3 is 2.73 bits per heavy atom. The van der Waals surface area contributed by atoms with E-state index in [1.807, 2.05) is 19.9 Å². The fourth-order valence-electron chi connectivity index (χ4n) is 1.52. The minimum Gasteiger partial charge on any atom is -0.299 e. The molecule has 1 unspecified atom stereocenters. The number of Topliss-reactive ketones (excluding diaryl/α,β-unsaturated/α-hetero) is 1. The van der Waals surface area contributed by atoms with Crippen LogP contribution in [0.3, 0.4) is 0 Å². The molecule has 3 heteroatoms. The molecule has 0 fully saturated rings. The van der Waals surface area contributed by atoms with Crippen molar-refractivity contribution in [3.63, 3.8) is 0 Å². The van der Waals surface area contributed by atoms with Crippen molar-refractivity contribution in [1.29, 1.82) is 0 Å².